The van der Waals surface area contributed by atoms with Gasteiger partial charge in [0.05, 0.1) is 25.4 Å². The van der Waals surface area contributed by atoms with Gasteiger partial charge in [-0.1, -0.05) is 470 Å². The molecule has 3 N–H and O–H groups in total. The number of esters is 1. The van der Waals surface area contributed by atoms with Crippen LogP contribution in [0.3, 0.4) is 0 Å². The minimum Gasteiger partial charge on any atom is -0.466 e. The van der Waals surface area contributed by atoms with E-state index in [2.05, 4.69) is 19.2 Å². The lowest BCUT2D eigenvalue weighted by molar-refractivity contribution is -0.143. The van der Waals surface area contributed by atoms with Crippen LogP contribution < -0.4 is 5.32 Å². The van der Waals surface area contributed by atoms with E-state index in [9.17, 15) is 19.8 Å². The monoisotopic (exact) mass is 1280 g/mol. The van der Waals surface area contributed by atoms with Crippen molar-refractivity contribution in [3.63, 3.8) is 0 Å². The van der Waals surface area contributed by atoms with E-state index >= 15 is 0 Å². The fourth-order valence-electron chi connectivity index (χ4n) is 14.2. The number of hydrogen-bond acceptors (Lipinski definition) is 5. The Labute approximate surface area is 572 Å². The summed E-state index contributed by atoms with van der Waals surface area (Å²) in [5.74, 6) is 0.00394. The third-order valence-corrected chi connectivity index (χ3v) is 20.7. The summed E-state index contributed by atoms with van der Waals surface area (Å²) < 4.78 is 5.52. The molecule has 544 valence electrons. The molecule has 0 aromatic rings. The van der Waals surface area contributed by atoms with Gasteiger partial charge in [-0.2, -0.15) is 0 Å². The number of carbonyl (C=O) groups excluding carboxylic acids is 2. The number of aliphatic hydroxyl groups is 2. The van der Waals surface area contributed by atoms with Crippen molar-refractivity contribution in [3.8, 4) is 0 Å². The molecule has 0 aromatic heterocycles. The zero-order valence-electron chi connectivity index (χ0n) is 62.6. The molecule has 0 fully saturated rings. The van der Waals surface area contributed by atoms with Crippen molar-refractivity contribution in [2.24, 2.45) is 0 Å². The van der Waals surface area contributed by atoms with E-state index in [1.807, 2.05) is 0 Å². The third-order valence-electron chi connectivity index (χ3n) is 20.7. The summed E-state index contributed by atoms with van der Waals surface area (Å²) in [5, 5.41) is 23.5. The van der Waals surface area contributed by atoms with Crippen molar-refractivity contribution in [1.82, 2.24) is 5.32 Å². The Bertz CT molecular complexity index is 1340. The van der Waals surface area contributed by atoms with Crippen molar-refractivity contribution in [3.05, 3.63) is 0 Å². The van der Waals surface area contributed by atoms with Gasteiger partial charge in [0.1, 0.15) is 0 Å². The highest BCUT2D eigenvalue weighted by atomic mass is 16.5. The number of ether oxygens (including phenoxy) is 1. The first-order valence-electron chi connectivity index (χ1n) is 42.8. The first-order chi connectivity index (χ1) is 45.0. The van der Waals surface area contributed by atoms with Gasteiger partial charge in [0.25, 0.3) is 0 Å². The van der Waals surface area contributed by atoms with Gasteiger partial charge in [0.2, 0.25) is 5.91 Å². The Morgan fingerprint density at radius 1 is 0.264 bits per heavy atom. The smallest absolute Gasteiger partial charge is 0.305 e. The zero-order chi connectivity index (χ0) is 65.6. The molecule has 2 atom stereocenters. The lowest BCUT2D eigenvalue weighted by Crippen LogP contribution is -2.45. The topological polar surface area (TPSA) is 95.9 Å². The molecule has 0 heterocycles. The molecule has 6 heteroatoms. The number of hydrogen-bond donors (Lipinski definition) is 3. The summed E-state index contributed by atoms with van der Waals surface area (Å²) in [6, 6.07) is -0.538. The van der Waals surface area contributed by atoms with Crippen LogP contribution in [0.5, 0.6) is 0 Å². The molecule has 0 rings (SSSR count). The molecule has 0 aliphatic heterocycles. The fourth-order valence-corrected chi connectivity index (χ4v) is 14.2. The fraction of sp³-hybridized carbons (Fsp3) is 0.976. The van der Waals surface area contributed by atoms with E-state index < -0.39 is 12.1 Å². The molecule has 0 saturated carbocycles. The molecule has 6 nitrogen and oxygen atoms in total. The maximum Gasteiger partial charge on any atom is 0.305 e. The first-order valence-corrected chi connectivity index (χ1v) is 42.8. The van der Waals surface area contributed by atoms with Crippen LogP contribution in [0, 0.1) is 0 Å². The summed E-state index contributed by atoms with van der Waals surface area (Å²) in [4.78, 5) is 24.7. The van der Waals surface area contributed by atoms with Gasteiger partial charge < -0.3 is 20.3 Å². The highest BCUT2D eigenvalue weighted by Gasteiger charge is 2.20. The predicted octanol–water partition coefficient (Wildman–Crippen LogP) is 28.4. The quantitative estimate of drug-likeness (QED) is 0.0417. The highest BCUT2D eigenvalue weighted by molar-refractivity contribution is 5.76. The van der Waals surface area contributed by atoms with Crippen molar-refractivity contribution < 1.29 is 24.5 Å². The molecule has 0 spiro atoms. The first kappa shape index (κ1) is 89.9. The minimum atomic E-state index is -0.662. The highest BCUT2D eigenvalue weighted by Crippen LogP contribution is 2.21. The van der Waals surface area contributed by atoms with E-state index in [0.29, 0.717) is 25.9 Å². The van der Waals surface area contributed by atoms with E-state index in [1.54, 1.807) is 0 Å². The summed E-state index contributed by atoms with van der Waals surface area (Å²) in [5.41, 5.74) is 0. The van der Waals surface area contributed by atoms with Crippen LogP contribution >= 0.6 is 0 Å². The SMILES string of the molecule is CCCCCCCCCCCCCCCCCCCCCCCCCCCC(O)C(CO)NC(=O)CCCCCCCCCCCCCCCCCCCCCCCCCCCCCCCCCCCOC(=O)CCCCCCCCCCCCCCCCCC. The van der Waals surface area contributed by atoms with Crippen molar-refractivity contribution in [2.45, 2.75) is 520 Å². The van der Waals surface area contributed by atoms with Crippen LogP contribution in [0.1, 0.15) is 508 Å². The second-order valence-electron chi connectivity index (χ2n) is 29.9. The van der Waals surface area contributed by atoms with Crippen LogP contribution in [0.15, 0.2) is 0 Å². The summed E-state index contributed by atoms with van der Waals surface area (Å²) >= 11 is 0. The van der Waals surface area contributed by atoms with Crippen molar-refractivity contribution in [2.75, 3.05) is 13.2 Å². The van der Waals surface area contributed by atoms with Crippen LogP contribution in [0.4, 0.5) is 0 Å². The van der Waals surface area contributed by atoms with Gasteiger partial charge in [-0.15, -0.1) is 0 Å². The van der Waals surface area contributed by atoms with Crippen LogP contribution in [0.2, 0.25) is 0 Å². The number of carbonyl (C=O) groups is 2. The van der Waals surface area contributed by atoms with E-state index in [1.165, 1.54) is 437 Å². The zero-order valence-corrected chi connectivity index (χ0v) is 62.6. The molecular formula is C85H169NO5. The number of nitrogens with one attached hydrogen (secondary N) is 1. The van der Waals surface area contributed by atoms with Crippen LogP contribution in [0.25, 0.3) is 0 Å². The van der Waals surface area contributed by atoms with E-state index in [0.717, 1.165) is 38.5 Å². The molecule has 2 unspecified atom stereocenters. The summed E-state index contributed by atoms with van der Waals surface area (Å²) in [6.07, 6.45) is 102. The normalized spacial score (nSPS) is 12.4. The molecule has 0 saturated heterocycles. The Hall–Kier alpha value is -1.14. The van der Waals surface area contributed by atoms with Crippen LogP contribution in [-0.4, -0.2) is 47.4 Å². The Kier molecular flexibility index (Phi) is 80.3. The molecule has 1 amide bonds. The minimum absolute atomic E-state index is 0.0230. The third kappa shape index (κ3) is 77.7. The van der Waals surface area contributed by atoms with Crippen molar-refractivity contribution >= 4 is 11.9 Å². The Balaban J connectivity index is 3.31. The molecular weight excluding hydrogens is 1110 g/mol. The molecule has 0 bridgehead atoms. The van der Waals surface area contributed by atoms with E-state index in [-0.39, 0.29) is 18.5 Å². The molecule has 0 aromatic carbocycles. The number of rotatable bonds is 82. The van der Waals surface area contributed by atoms with E-state index in [4.69, 9.17) is 4.74 Å². The molecule has 91 heavy (non-hydrogen) atoms. The lowest BCUT2D eigenvalue weighted by atomic mass is 10.0. The van der Waals surface area contributed by atoms with Gasteiger partial charge in [0.15, 0.2) is 0 Å². The van der Waals surface area contributed by atoms with Gasteiger partial charge in [-0.3, -0.25) is 9.59 Å². The maximum atomic E-state index is 12.6. The van der Waals surface area contributed by atoms with Gasteiger partial charge >= 0.3 is 5.97 Å². The molecule has 0 aliphatic carbocycles. The average Bonchev–Trinajstić information content (AvgIpc) is 3.58. The maximum absolute atomic E-state index is 12.6. The van der Waals surface area contributed by atoms with Crippen LogP contribution in [-0.2, 0) is 14.3 Å². The van der Waals surface area contributed by atoms with Gasteiger partial charge in [-0.25, -0.2) is 0 Å². The number of unbranched alkanes of at least 4 members (excludes halogenated alkanes) is 71. The van der Waals surface area contributed by atoms with Gasteiger partial charge in [-0.05, 0) is 25.7 Å². The van der Waals surface area contributed by atoms with Crippen molar-refractivity contribution in [1.29, 1.82) is 0 Å². The van der Waals surface area contributed by atoms with Gasteiger partial charge in [0, 0.05) is 12.8 Å². The Morgan fingerprint density at radius 2 is 0.451 bits per heavy atom. The second kappa shape index (κ2) is 81.3. The largest absolute Gasteiger partial charge is 0.466 e. The summed E-state index contributed by atoms with van der Waals surface area (Å²) in [6.45, 7) is 5.03. The lowest BCUT2D eigenvalue weighted by Gasteiger charge is -2.22. The predicted molar refractivity (Wildman–Crippen MR) is 403 cm³/mol. The second-order valence-corrected chi connectivity index (χ2v) is 29.9. The number of amides is 1. The molecule has 0 aliphatic rings. The summed E-state index contributed by atoms with van der Waals surface area (Å²) in [7, 11) is 0. The standard InChI is InChI=1S/C85H169NO5/c1-3-5-7-9-11-13-15-17-19-21-22-23-24-34-37-40-43-46-49-53-57-61-65-69-73-77-83(88)82(81-87)86-84(89)78-74-70-66-62-58-54-50-47-44-41-38-35-32-30-28-26-25-27-29-31-33-36-39-42-45-48-52-56-60-64-68-72-76-80-91-85(90)79-75-71-67-63-59-55-51-20-18-16-14-12-10-8-6-4-2/h82-83,87-88H,3-81H2,1-2H3,(H,86,89). The Morgan fingerprint density at radius 3 is 0.670 bits per heavy atom. The molecule has 0 radical (unpaired) electrons. The average molecular weight is 1290 g/mol. The number of aliphatic hydroxyl groups excluding tert-OH is 2.